The molecule has 2 aliphatic rings. The third kappa shape index (κ3) is 1.95. The van der Waals surface area contributed by atoms with Gasteiger partial charge in [0.2, 0.25) is 0 Å². The first-order valence-corrected chi connectivity index (χ1v) is 5.66. The lowest BCUT2D eigenvalue weighted by molar-refractivity contribution is -0.136. The highest BCUT2D eigenvalue weighted by molar-refractivity contribution is 4.98. The molecule has 2 saturated heterocycles. The third-order valence-electron chi connectivity index (χ3n) is 3.56. The summed E-state index contributed by atoms with van der Waals surface area (Å²) >= 11 is 0. The van der Waals surface area contributed by atoms with Crippen molar-refractivity contribution in [1.82, 2.24) is 4.90 Å². The van der Waals surface area contributed by atoms with Gasteiger partial charge >= 0.3 is 0 Å². The predicted molar refractivity (Wildman–Crippen MR) is 55.2 cm³/mol. The van der Waals surface area contributed by atoms with Crippen LogP contribution in [0.3, 0.4) is 0 Å². The molecule has 2 aliphatic heterocycles. The van der Waals surface area contributed by atoms with Crippen LogP contribution in [0.5, 0.6) is 0 Å². The van der Waals surface area contributed by atoms with E-state index in [0.29, 0.717) is 12.0 Å². The molecule has 1 N–H and O–H groups in total. The van der Waals surface area contributed by atoms with Crippen LogP contribution in [-0.4, -0.2) is 48.0 Å². The molecule has 1 atom stereocenters. The SMILES string of the molecule is CC(C)C1(O)CN(CC2CCCO2)C1. The molecule has 0 spiro atoms. The molecule has 0 aromatic heterocycles. The molecule has 0 aromatic rings. The van der Waals surface area contributed by atoms with Crippen LogP contribution in [0.1, 0.15) is 26.7 Å². The second-order valence-electron chi connectivity index (χ2n) is 5.06. The van der Waals surface area contributed by atoms with E-state index < -0.39 is 5.60 Å². The minimum atomic E-state index is -0.432. The summed E-state index contributed by atoms with van der Waals surface area (Å²) in [5.41, 5.74) is -0.432. The Kier molecular flexibility index (Phi) is 2.82. The zero-order valence-electron chi connectivity index (χ0n) is 9.20. The first-order valence-electron chi connectivity index (χ1n) is 5.66. The molecule has 82 valence electrons. The number of β-amino-alcohol motifs (C(OH)–C–C–N with tert-alkyl or cyclic N) is 1. The minimum absolute atomic E-state index is 0.364. The standard InChI is InChI=1S/C11H21NO2/c1-9(2)11(13)7-12(8-11)6-10-4-3-5-14-10/h9-10,13H,3-8H2,1-2H3. The summed E-state index contributed by atoms with van der Waals surface area (Å²) in [6.07, 6.45) is 2.82. The van der Waals surface area contributed by atoms with Gasteiger partial charge in [-0.1, -0.05) is 13.8 Å². The van der Waals surface area contributed by atoms with Crippen LogP contribution in [0.4, 0.5) is 0 Å². The Bertz CT molecular complexity index is 191. The maximum atomic E-state index is 10.0. The molecule has 0 radical (unpaired) electrons. The minimum Gasteiger partial charge on any atom is -0.387 e. The van der Waals surface area contributed by atoms with E-state index in [9.17, 15) is 5.11 Å². The molecule has 14 heavy (non-hydrogen) atoms. The van der Waals surface area contributed by atoms with Crippen molar-refractivity contribution in [3.05, 3.63) is 0 Å². The van der Waals surface area contributed by atoms with Crippen LogP contribution in [-0.2, 0) is 4.74 Å². The van der Waals surface area contributed by atoms with Gasteiger partial charge in [0.15, 0.2) is 0 Å². The highest BCUT2D eigenvalue weighted by Crippen LogP contribution is 2.29. The second kappa shape index (κ2) is 3.80. The predicted octanol–water partition coefficient (Wildman–Crippen LogP) is 0.868. The van der Waals surface area contributed by atoms with E-state index in [0.717, 1.165) is 26.2 Å². The molecule has 2 fully saturated rings. The fraction of sp³-hybridized carbons (Fsp3) is 1.00. The summed E-state index contributed by atoms with van der Waals surface area (Å²) in [6, 6.07) is 0. The normalized spacial score (nSPS) is 32.1. The van der Waals surface area contributed by atoms with E-state index in [1.165, 1.54) is 12.8 Å². The van der Waals surface area contributed by atoms with Crippen molar-refractivity contribution < 1.29 is 9.84 Å². The second-order valence-corrected chi connectivity index (χ2v) is 5.06. The molecule has 3 heteroatoms. The Labute approximate surface area is 86.0 Å². The molecule has 0 aromatic carbocycles. The highest BCUT2D eigenvalue weighted by atomic mass is 16.5. The molecular formula is C11H21NO2. The van der Waals surface area contributed by atoms with E-state index in [-0.39, 0.29) is 0 Å². The lowest BCUT2D eigenvalue weighted by atomic mass is 9.83. The molecule has 0 aliphatic carbocycles. The summed E-state index contributed by atoms with van der Waals surface area (Å²) in [5.74, 6) is 0.364. The smallest absolute Gasteiger partial charge is 0.0922 e. The van der Waals surface area contributed by atoms with Gasteiger partial charge in [-0.25, -0.2) is 0 Å². The van der Waals surface area contributed by atoms with Crippen molar-refractivity contribution >= 4 is 0 Å². The average Bonchev–Trinajstić information content (AvgIpc) is 2.53. The van der Waals surface area contributed by atoms with Gasteiger partial charge in [0, 0.05) is 26.2 Å². The summed E-state index contributed by atoms with van der Waals surface area (Å²) in [4.78, 5) is 2.30. The van der Waals surface area contributed by atoms with Crippen LogP contribution in [0.2, 0.25) is 0 Å². The topological polar surface area (TPSA) is 32.7 Å². The first-order chi connectivity index (χ1) is 6.60. The van der Waals surface area contributed by atoms with Crippen LogP contribution in [0.25, 0.3) is 0 Å². The van der Waals surface area contributed by atoms with Gasteiger partial charge in [-0.2, -0.15) is 0 Å². The van der Waals surface area contributed by atoms with E-state index in [2.05, 4.69) is 18.7 Å². The number of hydrogen-bond donors (Lipinski definition) is 1. The van der Waals surface area contributed by atoms with Gasteiger partial charge in [-0.3, -0.25) is 4.90 Å². The number of hydrogen-bond acceptors (Lipinski definition) is 3. The van der Waals surface area contributed by atoms with Crippen LogP contribution in [0.15, 0.2) is 0 Å². The molecule has 3 nitrogen and oxygen atoms in total. The monoisotopic (exact) mass is 199 g/mol. The largest absolute Gasteiger partial charge is 0.387 e. The lowest BCUT2D eigenvalue weighted by Crippen LogP contribution is -2.65. The fourth-order valence-corrected chi connectivity index (χ4v) is 2.30. The van der Waals surface area contributed by atoms with Crippen molar-refractivity contribution in [2.75, 3.05) is 26.2 Å². The van der Waals surface area contributed by atoms with Crippen LogP contribution >= 0.6 is 0 Å². The van der Waals surface area contributed by atoms with Crippen molar-refractivity contribution in [2.45, 2.75) is 38.4 Å². The number of ether oxygens (including phenoxy) is 1. The Hall–Kier alpha value is -0.120. The van der Waals surface area contributed by atoms with Crippen molar-refractivity contribution in [2.24, 2.45) is 5.92 Å². The molecule has 0 saturated carbocycles. The summed E-state index contributed by atoms with van der Waals surface area (Å²) in [5, 5.41) is 10.0. The Morgan fingerprint density at radius 2 is 2.21 bits per heavy atom. The first kappa shape index (κ1) is 10.4. The summed E-state index contributed by atoms with van der Waals surface area (Å²) < 4.78 is 5.56. The number of likely N-dealkylation sites (tertiary alicyclic amines) is 1. The van der Waals surface area contributed by atoms with Crippen LogP contribution < -0.4 is 0 Å². The van der Waals surface area contributed by atoms with E-state index in [1.807, 2.05) is 0 Å². The third-order valence-corrected chi connectivity index (χ3v) is 3.56. The van der Waals surface area contributed by atoms with Crippen LogP contribution in [0, 0.1) is 5.92 Å². The molecule has 2 heterocycles. The number of rotatable bonds is 3. The zero-order valence-corrected chi connectivity index (χ0v) is 9.20. The fourth-order valence-electron chi connectivity index (χ4n) is 2.30. The van der Waals surface area contributed by atoms with Gasteiger partial charge < -0.3 is 9.84 Å². The van der Waals surface area contributed by atoms with Crippen molar-refractivity contribution in [3.63, 3.8) is 0 Å². The van der Waals surface area contributed by atoms with Gasteiger partial charge in [0.25, 0.3) is 0 Å². The van der Waals surface area contributed by atoms with E-state index in [4.69, 9.17) is 4.74 Å². The Morgan fingerprint density at radius 3 is 2.71 bits per heavy atom. The Balaban J connectivity index is 1.72. The van der Waals surface area contributed by atoms with E-state index >= 15 is 0 Å². The van der Waals surface area contributed by atoms with Crippen molar-refractivity contribution in [3.8, 4) is 0 Å². The quantitative estimate of drug-likeness (QED) is 0.732. The zero-order chi connectivity index (χ0) is 10.2. The van der Waals surface area contributed by atoms with E-state index in [1.54, 1.807) is 0 Å². The van der Waals surface area contributed by atoms with Gasteiger partial charge in [0.1, 0.15) is 0 Å². The Morgan fingerprint density at radius 1 is 1.50 bits per heavy atom. The summed E-state index contributed by atoms with van der Waals surface area (Å²) in [6.45, 7) is 7.75. The maximum absolute atomic E-state index is 10.0. The molecule has 2 rings (SSSR count). The maximum Gasteiger partial charge on any atom is 0.0922 e. The molecule has 0 amide bonds. The van der Waals surface area contributed by atoms with Gasteiger partial charge in [-0.05, 0) is 18.8 Å². The number of nitrogens with zero attached hydrogens (tertiary/aromatic N) is 1. The lowest BCUT2D eigenvalue weighted by Gasteiger charge is -2.49. The van der Waals surface area contributed by atoms with Gasteiger partial charge in [-0.15, -0.1) is 0 Å². The summed E-state index contributed by atoms with van der Waals surface area (Å²) in [7, 11) is 0. The molecule has 1 unspecified atom stereocenters. The average molecular weight is 199 g/mol. The highest BCUT2D eigenvalue weighted by Gasteiger charge is 2.44. The van der Waals surface area contributed by atoms with Crippen molar-refractivity contribution in [1.29, 1.82) is 0 Å². The molecular weight excluding hydrogens is 178 g/mol. The number of aliphatic hydroxyl groups is 1. The van der Waals surface area contributed by atoms with Gasteiger partial charge in [0.05, 0.1) is 11.7 Å². The molecule has 0 bridgehead atoms.